The lowest BCUT2D eigenvalue weighted by Gasteiger charge is -2.44. The molecule has 78 valence electrons. The number of aliphatic hydroxyl groups excluding tert-OH is 1. The lowest BCUT2D eigenvalue weighted by molar-refractivity contribution is -0.167. The maximum absolute atomic E-state index is 9.93. The van der Waals surface area contributed by atoms with Gasteiger partial charge in [-0.2, -0.15) is 0 Å². The SMILES string of the molecule is CC(C)(O)[C@@]1(C)OCO[C@@]1(C)CO. The largest absolute Gasteiger partial charge is 0.393 e. The molecule has 4 heteroatoms. The first kappa shape index (κ1) is 10.9. The molecule has 1 aliphatic heterocycles. The Labute approximate surface area is 78.5 Å². The summed E-state index contributed by atoms with van der Waals surface area (Å²) < 4.78 is 10.7. The molecule has 0 radical (unpaired) electrons. The molecule has 1 rings (SSSR count). The highest BCUT2D eigenvalue weighted by molar-refractivity contribution is 5.07. The van der Waals surface area contributed by atoms with Gasteiger partial charge in [0.25, 0.3) is 0 Å². The molecule has 2 atom stereocenters. The molecule has 1 aliphatic rings. The first-order valence-electron chi connectivity index (χ1n) is 4.38. The fourth-order valence-corrected chi connectivity index (χ4v) is 1.59. The Balaban J connectivity index is 3.01. The van der Waals surface area contributed by atoms with E-state index in [0.717, 1.165) is 0 Å². The van der Waals surface area contributed by atoms with Crippen LogP contribution in [-0.2, 0) is 9.47 Å². The Morgan fingerprint density at radius 1 is 1.31 bits per heavy atom. The third kappa shape index (κ3) is 1.38. The lowest BCUT2D eigenvalue weighted by Crippen LogP contribution is -2.62. The molecule has 0 spiro atoms. The minimum absolute atomic E-state index is 0.109. The lowest BCUT2D eigenvalue weighted by atomic mass is 9.75. The molecule has 0 aromatic heterocycles. The topological polar surface area (TPSA) is 58.9 Å². The van der Waals surface area contributed by atoms with Gasteiger partial charge in [-0.3, -0.25) is 0 Å². The molecule has 0 aromatic carbocycles. The molecule has 0 aliphatic carbocycles. The zero-order chi connectivity index (χ0) is 10.3. The van der Waals surface area contributed by atoms with E-state index in [1.165, 1.54) is 0 Å². The van der Waals surface area contributed by atoms with Crippen molar-refractivity contribution in [3.8, 4) is 0 Å². The van der Waals surface area contributed by atoms with Crippen LogP contribution in [-0.4, -0.2) is 40.4 Å². The van der Waals surface area contributed by atoms with Crippen LogP contribution >= 0.6 is 0 Å². The van der Waals surface area contributed by atoms with Gasteiger partial charge in [0.2, 0.25) is 0 Å². The summed E-state index contributed by atoms with van der Waals surface area (Å²) in [4.78, 5) is 0. The van der Waals surface area contributed by atoms with Crippen molar-refractivity contribution in [3.63, 3.8) is 0 Å². The van der Waals surface area contributed by atoms with Crippen molar-refractivity contribution in [1.29, 1.82) is 0 Å². The molecule has 0 saturated carbocycles. The smallest absolute Gasteiger partial charge is 0.148 e. The van der Waals surface area contributed by atoms with E-state index in [1.54, 1.807) is 27.7 Å². The molecule has 1 fully saturated rings. The fraction of sp³-hybridized carbons (Fsp3) is 1.00. The van der Waals surface area contributed by atoms with E-state index in [0.29, 0.717) is 0 Å². The average molecular weight is 190 g/mol. The van der Waals surface area contributed by atoms with Crippen molar-refractivity contribution < 1.29 is 19.7 Å². The van der Waals surface area contributed by atoms with E-state index >= 15 is 0 Å². The highest BCUT2D eigenvalue weighted by atomic mass is 16.7. The summed E-state index contributed by atoms with van der Waals surface area (Å²) in [6, 6.07) is 0. The highest BCUT2D eigenvalue weighted by Crippen LogP contribution is 2.42. The van der Waals surface area contributed by atoms with Gasteiger partial charge in [0.15, 0.2) is 0 Å². The van der Waals surface area contributed by atoms with Crippen molar-refractivity contribution >= 4 is 0 Å². The summed E-state index contributed by atoms with van der Waals surface area (Å²) in [5, 5.41) is 19.1. The van der Waals surface area contributed by atoms with E-state index < -0.39 is 16.8 Å². The van der Waals surface area contributed by atoms with Crippen LogP contribution in [0.2, 0.25) is 0 Å². The zero-order valence-electron chi connectivity index (χ0n) is 8.63. The van der Waals surface area contributed by atoms with Gasteiger partial charge in [0, 0.05) is 0 Å². The van der Waals surface area contributed by atoms with Crippen molar-refractivity contribution in [2.24, 2.45) is 0 Å². The minimum Gasteiger partial charge on any atom is -0.393 e. The first-order chi connectivity index (χ1) is 5.77. The molecule has 13 heavy (non-hydrogen) atoms. The molecule has 2 N–H and O–H groups in total. The van der Waals surface area contributed by atoms with Crippen LogP contribution in [0.4, 0.5) is 0 Å². The Hall–Kier alpha value is -0.160. The Bertz CT molecular complexity index is 198. The van der Waals surface area contributed by atoms with Crippen LogP contribution in [0.3, 0.4) is 0 Å². The second-order valence-corrected chi connectivity index (χ2v) is 4.39. The van der Waals surface area contributed by atoms with Crippen LogP contribution in [0, 0.1) is 0 Å². The summed E-state index contributed by atoms with van der Waals surface area (Å²) in [5.41, 5.74) is -2.78. The molecule has 1 heterocycles. The summed E-state index contributed by atoms with van der Waals surface area (Å²) in [6.07, 6.45) is 0. The molecule has 0 bridgehead atoms. The second-order valence-electron chi connectivity index (χ2n) is 4.39. The van der Waals surface area contributed by atoms with Crippen LogP contribution < -0.4 is 0 Å². The number of aliphatic hydroxyl groups is 2. The van der Waals surface area contributed by atoms with E-state index in [9.17, 15) is 10.2 Å². The fourth-order valence-electron chi connectivity index (χ4n) is 1.59. The molecule has 0 aromatic rings. The molecule has 0 unspecified atom stereocenters. The Morgan fingerprint density at radius 3 is 2.15 bits per heavy atom. The monoisotopic (exact) mass is 190 g/mol. The highest BCUT2D eigenvalue weighted by Gasteiger charge is 2.59. The maximum atomic E-state index is 9.93. The summed E-state index contributed by atoms with van der Waals surface area (Å²) in [5.74, 6) is 0. The van der Waals surface area contributed by atoms with Crippen LogP contribution in [0.15, 0.2) is 0 Å². The predicted octanol–water partition coefficient (Wildman–Crippen LogP) is 0.271. The van der Waals surface area contributed by atoms with Crippen molar-refractivity contribution in [2.75, 3.05) is 13.4 Å². The average Bonchev–Trinajstić information content (AvgIpc) is 2.29. The summed E-state index contributed by atoms with van der Waals surface area (Å²) >= 11 is 0. The number of ether oxygens (including phenoxy) is 2. The molecule has 4 nitrogen and oxygen atoms in total. The maximum Gasteiger partial charge on any atom is 0.148 e. The number of hydrogen-bond acceptors (Lipinski definition) is 4. The standard InChI is InChI=1S/C9H18O4/c1-7(2,11)9(4)8(3,5-10)12-6-13-9/h10-11H,5-6H2,1-4H3/t8-,9+/m0/s1. The van der Waals surface area contributed by atoms with Gasteiger partial charge in [-0.1, -0.05) is 0 Å². The normalized spacial score (nSPS) is 41.1. The quantitative estimate of drug-likeness (QED) is 0.656. The van der Waals surface area contributed by atoms with Gasteiger partial charge < -0.3 is 19.7 Å². The summed E-state index contributed by atoms with van der Waals surface area (Å²) in [6.45, 7) is 6.71. The molecular weight excluding hydrogens is 172 g/mol. The van der Waals surface area contributed by atoms with Crippen molar-refractivity contribution in [3.05, 3.63) is 0 Å². The molecule has 1 saturated heterocycles. The Kier molecular flexibility index (Phi) is 2.45. The third-order valence-electron chi connectivity index (χ3n) is 3.20. The van der Waals surface area contributed by atoms with Gasteiger partial charge in [0.1, 0.15) is 18.0 Å². The Morgan fingerprint density at radius 2 is 1.85 bits per heavy atom. The van der Waals surface area contributed by atoms with Crippen LogP contribution in [0.5, 0.6) is 0 Å². The van der Waals surface area contributed by atoms with E-state index in [-0.39, 0.29) is 13.4 Å². The predicted molar refractivity (Wildman–Crippen MR) is 47.2 cm³/mol. The number of hydrogen-bond donors (Lipinski definition) is 2. The summed E-state index contributed by atoms with van der Waals surface area (Å²) in [7, 11) is 0. The van der Waals surface area contributed by atoms with Crippen molar-refractivity contribution in [2.45, 2.75) is 44.5 Å². The molecule has 0 amide bonds. The third-order valence-corrected chi connectivity index (χ3v) is 3.20. The van der Waals surface area contributed by atoms with Crippen molar-refractivity contribution in [1.82, 2.24) is 0 Å². The van der Waals surface area contributed by atoms with Gasteiger partial charge >= 0.3 is 0 Å². The second kappa shape index (κ2) is 2.92. The van der Waals surface area contributed by atoms with Crippen LogP contribution in [0.1, 0.15) is 27.7 Å². The zero-order valence-corrected chi connectivity index (χ0v) is 8.63. The van der Waals surface area contributed by atoms with Gasteiger partial charge in [0.05, 0.1) is 12.2 Å². The van der Waals surface area contributed by atoms with Gasteiger partial charge in [-0.05, 0) is 27.7 Å². The minimum atomic E-state index is -1.05. The first-order valence-corrected chi connectivity index (χ1v) is 4.38. The molecular formula is C9H18O4. The van der Waals surface area contributed by atoms with Gasteiger partial charge in [-0.15, -0.1) is 0 Å². The number of rotatable bonds is 2. The van der Waals surface area contributed by atoms with E-state index in [1.807, 2.05) is 0 Å². The van der Waals surface area contributed by atoms with E-state index in [4.69, 9.17) is 9.47 Å². The van der Waals surface area contributed by atoms with Gasteiger partial charge in [-0.25, -0.2) is 0 Å². The van der Waals surface area contributed by atoms with E-state index in [2.05, 4.69) is 0 Å². The van der Waals surface area contributed by atoms with Crippen LogP contribution in [0.25, 0.3) is 0 Å².